The summed E-state index contributed by atoms with van der Waals surface area (Å²) in [6, 6.07) is 7.66. The van der Waals surface area contributed by atoms with Crippen LogP contribution < -0.4 is 5.32 Å². The molecule has 1 heterocycles. The maximum absolute atomic E-state index is 13.1. The van der Waals surface area contributed by atoms with Gasteiger partial charge in [-0.15, -0.1) is 12.4 Å². The Labute approximate surface area is 77.4 Å². The topological polar surface area (TPSA) is 12.0 Å². The van der Waals surface area contributed by atoms with Crippen LogP contribution in [0.3, 0.4) is 0 Å². The summed E-state index contributed by atoms with van der Waals surface area (Å²) in [6.45, 7) is 1.26. The van der Waals surface area contributed by atoms with Crippen molar-refractivity contribution in [3.63, 3.8) is 0 Å². The molecule has 0 aromatic heterocycles. The summed E-state index contributed by atoms with van der Waals surface area (Å²) in [5.74, 6) is 0. The second-order valence-electron chi connectivity index (χ2n) is 2.80. The lowest BCUT2D eigenvalue weighted by Gasteiger charge is -2.19. The van der Waals surface area contributed by atoms with E-state index in [-0.39, 0.29) is 12.4 Å². The Bertz CT molecular complexity index is 264. The zero-order valence-corrected chi connectivity index (χ0v) is 7.40. The van der Waals surface area contributed by atoms with E-state index in [9.17, 15) is 4.39 Å². The highest BCUT2D eigenvalue weighted by Crippen LogP contribution is 2.23. The molecule has 1 aromatic rings. The van der Waals surface area contributed by atoms with Crippen molar-refractivity contribution in [1.29, 1.82) is 0 Å². The van der Waals surface area contributed by atoms with Gasteiger partial charge in [-0.2, -0.15) is 0 Å². The summed E-state index contributed by atoms with van der Waals surface area (Å²) in [4.78, 5) is 0. The number of nitrogens with one attached hydrogen (secondary N) is 1. The fraction of sp³-hybridized carbons (Fsp3) is 0.333. The van der Waals surface area contributed by atoms with Gasteiger partial charge in [-0.3, -0.25) is 0 Å². The van der Waals surface area contributed by atoms with Gasteiger partial charge in [-0.05, 0) is 11.1 Å². The predicted octanol–water partition coefficient (Wildman–Crippen LogP) is 2.22. The largest absolute Gasteiger partial charge is 0.309 e. The summed E-state index contributed by atoms with van der Waals surface area (Å²) in [5.41, 5.74) is 1.94. The lowest BCUT2D eigenvalue weighted by Crippen LogP contribution is -2.25. The zero-order chi connectivity index (χ0) is 7.68. The van der Waals surface area contributed by atoms with Gasteiger partial charge in [0, 0.05) is 13.1 Å². The van der Waals surface area contributed by atoms with Crippen molar-refractivity contribution < 1.29 is 4.39 Å². The van der Waals surface area contributed by atoms with Crippen LogP contribution in [0.15, 0.2) is 24.3 Å². The second-order valence-corrected chi connectivity index (χ2v) is 2.80. The first kappa shape index (κ1) is 9.49. The van der Waals surface area contributed by atoms with Gasteiger partial charge >= 0.3 is 0 Å². The average molecular weight is 188 g/mol. The minimum absolute atomic E-state index is 0. The highest BCUT2D eigenvalue weighted by atomic mass is 35.5. The highest BCUT2D eigenvalue weighted by Gasteiger charge is 2.17. The van der Waals surface area contributed by atoms with E-state index in [1.165, 1.54) is 0 Å². The van der Waals surface area contributed by atoms with Crippen LogP contribution in [0.5, 0.6) is 0 Å². The van der Waals surface area contributed by atoms with Crippen molar-refractivity contribution in [3.8, 4) is 0 Å². The molecule has 0 amide bonds. The Morgan fingerprint density at radius 2 is 2.08 bits per heavy atom. The third-order valence-electron chi connectivity index (χ3n) is 2.03. The Balaban J connectivity index is 0.000000720. The number of halogens is 2. The molecule has 2 rings (SSSR count). The fourth-order valence-electron chi connectivity index (χ4n) is 1.44. The molecule has 12 heavy (non-hydrogen) atoms. The van der Waals surface area contributed by atoms with E-state index in [1.807, 2.05) is 24.3 Å². The quantitative estimate of drug-likeness (QED) is 0.657. The molecule has 1 unspecified atom stereocenters. The minimum atomic E-state index is -0.819. The van der Waals surface area contributed by atoms with Gasteiger partial charge < -0.3 is 5.32 Å². The summed E-state index contributed by atoms with van der Waals surface area (Å²) >= 11 is 0. The van der Waals surface area contributed by atoms with Gasteiger partial charge in [0.25, 0.3) is 0 Å². The van der Waals surface area contributed by atoms with Gasteiger partial charge in [-0.25, -0.2) is 4.39 Å². The van der Waals surface area contributed by atoms with Crippen LogP contribution in [0.2, 0.25) is 0 Å². The van der Waals surface area contributed by atoms with Crippen LogP contribution in [-0.4, -0.2) is 6.54 Å². The molecule has 1 aromatic carbocycles. The molecule has 1 aliphatic heterocycles. The number of benzene rings is 1. The molecule has 0 aliphatic carbocycles. The third-order valence-corrected chi connectivity index (χ3v) is 2.03. The van der Waals surface area contributed by atoms with Gasteiger partial charge in [0.15, 0.2) is 0 Å². The maximum Gasteiger partial charge on any atom is 0.138 e. The van der Waals surface area contributed by atoms with E-state index in [4.69, 9.17) is 0 Å². The molecule has 1 N–H and O–H groups in total. The maximum atomic E-state index is 13.1. The Morgan fingerprint density at radius 3 is 2.83 bits per heavy atom. The Hall–Kier alpha value is -0.600. The van der Waals surface area contributed by atoms with E-state index < -0.39 is 6.17 Å². The van der Waals surface area contributed by atoms with Gasteiger partial charge in [0.1, 0.15) is 6.17 Å². The summed E-state index contributed by atoms with van der Waals surface area (Å²) in [6.07, 6.45) is -0.819. The Morgan fingerprint density at radius 1 is 1.33 bits per heavy atom. The van der Waals surface area contributed by atoms with E-state index in [0.29, 0.717) is 6.54 Å². The van der Waals surface area contributed by atoms with Crippen molar-refractivity contribution in [2.45, 2.75) is 12.7 Å². The molecule has 1 nitrogen and oxygen atoms in total. The molecular formula is C9H11ClFN. The van der Waals surface area contributed by atoms with E-state index >= 15 is 0 Å². The zero-order valence-electron chi connectivity index (χ0n) is 6.59. The summed E-state index contributed by atoms with van der Waals surface area (Å²) in [5, 5.41) is 3.02. The van der Waals surface area contributed by atoms with Crippen molar-refractivity contribution in [2.75, 3.05) is 6.54 Å². The fourth-order valence-corrected chi connectivity index (χ4v) is 1.44. The van der Waals surface area contributed by atoms with Crippen molar-refractivity contribution in [3.05, 3.63) is 35.4 Å². The van der Waals surface area contributed by atoms with Crippen LogP contribution in [0, 0.1) is 0 Å². The van der Waals surface area contributed by atoms with Gasteiger partial charge in [0.05, 0.1) is 0 Å². The van der Waals surface area contributed by atoms with Crippen molar-refractivity contribution in [2.24, 2.45) is 0 Å². The average Bonchev–Trinajstić information content (AvgIpc) is 2.06. The monoisotopic (exact) mass is 187 g/mol. The molecule has 66 valence electrons. The lowest BCUT2D eigenvalue weighted by atomic mass is 10.0. The lowest BCUT2D eigenvalue weighted by molar-refractivity contribution is 0.310. The molecular weight excluding hydrogens is 177 g/mol. The van der Waals surface area contributed by atoms with Crippen molar-refractivity contribution in [1.82, 2.24) is 5.32 Å². The first-order chi connectivity index (χ1) is 5.38. The van der Waals surface area contributed by atoms with Crippen molar-refractivity contribution >= 4 is 12.4 Å². The molecule has 0 bridgehead atoms. The molecule has 0 spiro atoms. The van der Waals surface area contributed by atoms with Crippen LogP contribution in [-0.2, 0) is 6.54 Å². The molecule has 1 atom stereocenters. The normalized spacial score (nSPS) is 20.9. The first-order valence-electron chi connectivity index (χ1n) is 3.80. The van der Waals surface area contributed by atoms with E-state index in [1.54, 1.807) is 0 Å². The number of fused-ring (bicyclic) bond motifs is 1. The molecule has 0 saturated carbocycles. The van der Waals surface area contributed by atoms with Crippen LogP contribution in [0.25, 0.3) is 0 Å². The SMILES string of the molecule is Cl.FC1CNCc2ccccc21. The number of hydrogen-bond donors (Lipinski definition) is 1. The van der Waals surface area contributed by atoms with Crippen LogP contribution in [0.4, 0.5) is 4.39 Å². The highest BCUT2D eigenvalue weighted by molar-refractivity contribution is 5.85. The predicted molar refractivity (Wildman–Crippen MR) is 49.2 cm³/mol. The molecule has 1 aliphatic rings. The van der Waals surface area contributed by atoms with Crippen LogP contribution in [0.1, 0.15) is 17.3 Å². The standard InChI is InChI=1S/C9H10FN.ClH/c10-9-6-11-5-7-3-1-2-4-8(7)9;/h1-4,9,11H,5-6H2;1H. The molecule has 0 radical (unpaired) electrons. The van der Waals surface area contributed by atoms with Gasteiger partial charge in [0.2, 0.25) is 0 Å². The third kappa shape index (κ3) is 1.59. The Kier molecular flexibility index (Phi) is 3.06. The number of alkyl halides is 1. The smallest absolute Gasteiger partial charge is 0.138 e. The second kappa shape index (κ2) is 3.87. The summed E-state index contributed by atoms with van der Waals surface area (Å²) < 4.78 is 13.1. The summed E-state index contributed by atoms with van der Waals surface area (Å²) in [7, 11) is 0. The number of rotatable bonds is 0. The van der Waals surface area contributed by atoms with Gasteiger partial charge in [-0.1, -0.05) is 24.3 Å². The van der Waals surface area contributed by atoms with Crippen LogP contribution >= 0.6 is 12.4 Å². The molecule has 3 heteroatoms. The minimum Gasteiger partial charge on any atom is -0.309 e. The molecule has 0 fully saturated rings. The first-order valence-corrected chi connectivity index (χ1v) is 3.80. The number of hydrogen-bond acceptors (Lipinski definition) is 1. The van der Waals surface area contributed by atoms with E-state index in [2.05, 4.69) is 5.32 Å². The molecule has 0 saturated heterocycles. The van der Waals surface area contributed by atoms with E-state index in [0.717, 1.165) is 17.7 Å².